The number of nitrogens with zero attached hydrogens (tertiary/aromatic N) is 1. The van der Waals surface area contributed by atoms with Gasteiger partial charge in [-0.25, -0.2) is 0 Å². The van der Waals surface area contributed by atoms with Crippen molar-refractivity contribution in [3.05, 3.63) is 34.8 Å². The molecule has 0 unspecified atom stereocenters. The Kier molecular flexibility index (Phi) is 23.2. The fourth-order valence-electron chi connectivity index (χ4n) is 5.70. The predicted octanol–water partition coefficient (Wildman–Crippen LogP) is 11.4. The van der Waals surface area contributed by atoms with Crippen LogP contribution in [0.4, 0.5) is 0 Å². The van der Waals surface area contributed by atoms with Crippen molar-refractivity contribution < 1.29 is 4.73 Å². The highest BCUT2D eigenvalue weighted by Gasteiger charge is 2.10. The minimum atomic E-state index is 0.887. The van der Waals surface area contributed by atoms with Gasteiger partial charge in [-0.15, -0.1) is 0 Å². The van der Waals surface area contributed by atoms with E-state index in [0.29, 0.717) is 0 Å². The Morgan fingerprint density at radius 3 is 1.32 bits per heavy atom. The largest absolute Gasteiger partial charge is 0.618 e. The fraction of sp³-hybridized carbons (Fsp3) is 0.857. The standard InChI is InChI=1S/C35H65NO/c1-4-28-35-34(31-27-32-36(35)37)30-26-24-22-20-18-16-14-12-10-8-6-5-7-9-11-13-15-17-19-21-23-25-29-33(2)3/h27,31-33H,4-26,28-30H2,1-3H3. The number of pyridine rings is 1. The predicted molar refractivity (Wildman–Crippen MR) is 164 cm³/mol. The molecule has 0 atom stereocenters. The average molecular weight is 516 g/mol. The molecule has 2 heteroatoms. The van der Waals surface area contributed by atoms with Crippen LogP contribution in [0.2, 0.25) is 0 Å². The molecule has 0 saturated carbocycles. The third-order valence-electron chi connectivity index (χ3n) is 8.12. The smallest absolute Gasteiger partial charge is 0.195 e. The third kappa shape index (κ3) is 20.6. The number of aryl methyl sites for hydroxylation is 1. The van der Waals surface area contributed by atoms with Gasteiger partial charge >= 0.3 is 0 Å². The van der Waals surface area contributed by atoms with Gasteiger partial charge in [-0.2, -0.15) is 4.73 Å². The summed E-state index contributed by atoms with van der Waals surface area (Å²) in [6, 6.07) is 4.05. The Labute approximate surface area is 233 Å². The van der Waals surface area contributed by atoms with Crippen LogP contribution >= 0.6 is 0 Å². The number of aromatic nitrogens is 1. The third-order valence-corrected chi connectivity index (χ3v) is 8.12. The van der Waals surface area contributed by atoms with Gasteiger partial charge in [-0.05, 0) is 31.2 Å². The van der Waals surface area contributed by atoms with Crippen molar-refractivity contribution in [3.63, 3.8) is 0 Å². The van der Waals surface area contributed by atoms with Crippen molar-refractivity contribution in [3.8, 4) is 0 Å². The van der Waals surface area contributed by atoms with Crippen molar-refractivity contribution in [1.82, 2.24) is 0 Å². The average Bonchev–Trinajstić information content (AvgIpc) is 2.88. The van der Waals surface area contributed by atoms with E-state index < -0.39 is 0 Å². The zero-order valence-electron chi connectivity index (χ0n) is 25.5. The lowest BCUT2D eigenvalue weighted by Gasteiger charge is -2.09. The number of rotatable bonds is 27. The summed E-state index contributed by atoms with van der Waals surface area (Å²) in [6.45, 7) is 6.83. The fourth-order valence-corrected chi connectivity index (χ4v) is 5.70. The summed E-state index contributed by atoms with van der Waals surface area (Å²) in [7, 11) is 0. The minimum Gasteiger partial charge on any atom is -0.618 e. The first-order valence-electron chi connectivity index (χ1n) is 16.8. The summed E-state index contributed by atoms with van der Waals surface area (Å²) in [5.74, 6) is 0.887. The normalized spacial score (nSPS) is 11.6. The summed E-state index contributed by atoms with van der Waals surface area (Å²) in [5.41, 5.74) is 2.27. The quantitative estimate of drug-likeness (QED) is 0.0650. The Bertz CT molecular complexity index is 611. The number of hydrogen-bond acceptors (Lipinski definition) is 1. The maximum Gasteiger partial charge on any atom is 0.195 e. The van der Waals surface area contributed by atoms with Gasteiger partial charge in [0.05, 0.1) is 0 Å². The van der Waals surface area contributed by atoms with E-state index in [4.69, 9.17) is 0 Å². The van der Waals surface area contributed by atoms with E-state index in [1.54, 1.807) is 6.20 Å². The van der Waals surface area contributed by atoms with Crippen LogP contribution in [0.15, 0.2) is 18.3 Å². The van der Waals surface area contributed by atoms with Gasteiger partial charge in [0, 0.05) is 18.1 Å². The van der Waals surface area contributed by atoms with Crippen LogP contribution in [0.1, 0.15) is 186 Å². The van der Waals surface area contributed by atoms with Crippen molar-refractivity contribution in [2.24, 2.45) is 5.92 Å². The van der Waals surface area contributed by atoms with Crippen LogP contribution in [0.3, 0.4) is 0 Å². The van der Waals surface area contributed by atoms with Gasteiger partial charge in [0.15, 0.2) is 11.9 Å². The van der Waals surface area contributed by atoms with E-state index in [9.17, 15) is 5.21 Å². The second-order valence-electron chi connectivity index (χ2n) is 12.3. The molecule has 0 amide bonds. The molecule has 1 heterocycles. The zero-order valence-corrected chi connectivity index (χ0v) is 25.5. The van der Waals surface area contributed by atoms with Gasteiger partial charge in [0.2, 0.25) is 0 Å². The maximum atomic E-state index is 12.0. The molecule has 216 valence electrons. The minimum absolute atomic E-state index is 0.887. The van der Waals surface area contributed by atoms with Crippen LogP contribution in [0, 0.1) is 11.1 Å². The Morgan fingerprint density at radius 2 is 0.946 bits per heavy atom. The van der Waals surface area contributed by atoms with Crippen molar-refractivity contribution in [2.45, 2.75) is 188 Å². The second-order valence-corrected chi connectivity index (χ2v) is 12.3. The molecule has 0 aliphatic rings. The molecular weight excluding hydrogens is 450 g/mol. The molecule has 0 bridgehead atoms. The van der Waals surface area contributed by atoms with Crippen LogP contribution in [0.25, 0.3) is 0 Å². The SMILES string of the molecule is CCCc1c(CCCCCCCCCCCCCCCCCCCCCCCCC(C)C)ccc[n+]1[O-]. The van der Waals surface area contributed by atoms with E-state index >= 15 is 0 Å². The van der Waals surface area contributed by atoms with E-state index in [2.05, 4.69) is 26.8 Å². The Hall–Kier alpha value is -1.05. The first-order valence-corrected chi connectivity index (χ1v) is 16.8. The molecule has 0 fully saturated rings. The monoisotopic (exact) mass is 516 g/mol. The number of hydrogen-bond donors (Lipinski definition) is 0. The summed E-state index contributed by atoms with van der Waals surface area (Å²) in [6.07, 6.45) is 37.6. The molecule has 37 heavy (non-hydrogen) atoms. The highest BCUT2D eigenvalue weighted by Crippen LogP contribution is 2.17. The van der Waals surface area contributed by atoms with E-state index in [0.717, 1.165) is 35.6 Å². The lowest BCUT2D eigenvalue weighted by atomic mass is 10.0. The summed E-state index contributed by atoms with van der Waals surface area (Å²) in [4.78, 5) is 0. The van der Waals surface area contributed by atoms with Crippen LogP contribution in [-0.2, 0) is 12.8 Å². The Morgan fingerprint density at radius 1 is 0.568 bits per heavy atom. The molecule has 0 aliphatic heterocycles. The van der Waals surface area contributed by atoms with Crippen LogP contribution in [0.5, 0.6) is 0 Å². The molecule has 0 radical (unpaired) electrons. The van der Waals surface area contributed by atoms with Crippen LogP contribution < -0.4 is 4.73 Å². The molecule has 0 aliphatic carbocycles. The molecule has 0 N–H and O–H groups in total. The van der Waals surface area contributed by atoms with E-state index in [1.807, 2.05) is 6.07 Å². The first kappa shape index (κ1) is 34.0. The maximum absolute atomic E-state index is 12.0. The molecule has 1 aromatic heterocycles. The van der Waals surface area contributed by atoms with E-state index in [-0.39, 0.29) is 0 Å². The molecule has 0 saturated heterocycles. The van der Waals surface area contributed by atoms with Crippen molar-refractivity contribution in [1.29, 1.82) is 0 Å². The number of unbranched alkanes of at least 4 members (excludes halogenated alkanes) is 21. The molecule has 0 spiro atoms. The molecule has 0 aromatic carbocycles. The lowest BCUT2D eigenvalue weighted by Crippen LogP contribution is -2.32. The summed E-state index contributed by atoms with van der Waals surface area (Å²) >= 11 is 0. The first-order chi connectivity index (χ1) is 18.1. The topological polar surface area (TPSA) is 26.9 Å². The molecule has 1 aromatic rings. The highest BCUT2D eigenvalue weighted by molar-refractivity contribution is 5.16. The van der Waals surface area contributed by atoms with Gasteiger partial charge in [0.25, 0.3) is 0 Å². The molecular formula is C35H65NO. The van der Waals surface area contributed by atoms with Crippen molar-refractivity contribution in [2.75, 3.05) is 0 Å². The summed E-state index contributed by atoms with van der Waals surface area (Å²) in [5, 5.41) is 12.0. The summed E-state index contributed by atoms with van der Waals surface area (Å²) < 4.78 is 1.08. The van der Waals surface area contributed by atoms with Gasteiger partial charge in [0.1, 0.15) is 0 Å². The van der Waals surface area contributed by atoms with Gasteiger partial charge in [-0.3, -0.25) is 0 Å². The molecule has 1 rings (SSSR count). The zero-order chi connectivity index (χ0) is 26.8. The van der Waals surface area contributed by atoms with Gasteiger partial charge in [-0.1, -0.05) is 162 Å². The van der Waals surface area contributed by atoms with Crippen LogP contribution in [-0.4, -0.2) is 0 Å². The second kappa shape index (κ2) is 25.2. The Balaban J connectivity index is 1.75. The van der Waals surface area contributed by atoms with Gasteiger partial charge < -0.3 is 5.21 Å². The molecule has 2 nitrogen and oxygen atoms in total. The highest BCUT2D eigenvalue weighted by atomic mass is 16.5. The van der Waals surface area contributed by atoms with Crippen molar-refractivity contribution >= 4 is 0 Å². The van der Waals surface area contributed by atoms with E-state index in [1.165, 1.54) is 153 Å². The lowest BCUT2D eigenvalue weighted by molar-refractivity contribution is -0.614.